The molecule has 0 aromatic rings. The van der Waals surface area contributed by atoms with E-state index in [0.717, 1.165) is 50.5 Å². The van der Waals surface area contributed by atoms with Crippen LogP contribution in [0.3, 0.4) is 0 Å². The van der Waals surface area contributed by atoms with Gasteiger partial charge < -0.3 is 10.2 Å². The van der Waals surface area contributed by atoms with E-state index in [4.69, 9.17) is 0 Å². The molecule has 3 nitrogen and oxygen atoms in total. The Hall–Kier alpha value is -0.830. The van der Waals surface area contributed by atoms with Gasteiger partial charge in [0.25, 0.3) is 0 Å². The molecule has 122 valence electrons. The van der Waals surface area contributed by atoms with Crippen molar-refractivity contribution in [2.24, 2.45) is 29.1 Å². The fourth-order valence-electron chi connectivity index (χ4n) is 6.51. The van der Waals surface area contributed by atoms with Gasteiger partial charge in [-0.2, -0.15) is 0 Å². The molecule has 3 saturated carbocycles. The highest BCUT2D eigenvalue weighted by Crippen LogP contribution is 2.64. The van der Waals surface area contributed by atoms with E-state index < -0.39 is 5.60 Å². The zero-order valence-corrected chi connectivity index (χ0v) is 13.8. The number of rotatable bonds is 0. The number of hydrogen-bond donors (Lipinski definition) is 2. The van der Waals surface area contributed by atoms with Gasteiger partial charge in [0.05, 0.1) is 5.60 Å². The lowest BCUT2D eigenvalue weighted by molar-refractivity contribution is -0.121. The van der Waals surface area contributed by atoms with Gasteiger partial charge >= 0.3 is 0 Å². The molecule has 4 aliphatic carbocycles. The Kier molecular flexibility index (Phi) is 3.08. The van der Waals surface area contributed by atoms with E-state index >= 15 is 0 Å². The number of allylic oxidation sites excluding steroid dienone is 1. The number of Topliss-reactive ketones (excluding diaryl/α,β-unsaturated/α-hetero) is 1. The maximum atomic E-state index is 11.8. The average molecular weight is 304 g/mol. The van der Waals surface area contributed by atoms with Crippen LogP contribution >= 0.6 is 0 Å². The molecule has 0 saturated heterocycles. The third-order valence-corrected chi connectivity index (χ3v) is 8.02. The predicted molar refractivity (Wildman–Crippen MR) is 84.3 cm³/mol. The van der Waals surface area contributed by atoms with E-state index in [1.54, 1.807) is 0 Å². The average Bonchev–Trinajstić information content (AvgIpc) is 2.73. The standard InChI is InChI=1S/C19H28O3/c1-18-9-7-12-11-5-6-16(20)17(21)14(11)4-3-13(12)15(18)8-10-19(18,2)22/h11-13,15,21-22H,3-10H2,1-2H3/t11-,12-,13-,15+,18+,19-/m1/s1. The Morgan fingerprint density at radius 1 is 1.00 bits per heavy atom. The van der Waals surface area contributed by atoms with Crippen molar-refractivity contribution in [3.63, 3.8) is 0 Å². The molecule has 2 N–H and O–H groups in total. The zero-order valence-electron chi connectivity index (χ0n) is 13.8. The van der Waals surface area contributed by atoms with Crippen LogP contribution in [0.2, 0.25) is 0 Å². The maximum Gasteiger partial charge on any atom is 0.197 e. The summed E-state index contributed by atoms with van der Waals surface area (Å²) in [5, 5.41) is 21.0. The summed E-state index contributed by atoms with van der Waals surface area (Å²) in [4.78, 5) is 11.8. The Bertz CT molecular complexity index is 547. The molecule has 6 atom stereocenters. The van der Waals surface area contributed by atoms with Crippen molar-refractivity contribution in [3.05, 3.63) is 11.3 Å². The molecular weight excluding hydrogens is 276 g/mol. The molecular formula is C19H28O3. The first-order valence-electron chi connectivity index (χ1n) is 9.03. The Labute approximate surface area is 132 Å². The van der Waals surface area contributed by atoms with Crippen molar-refractivity contribution in [3.8, 4) is 0 Å². The second-order valence-corrected chi connectivity index (χ2v) is 8.68. The highest BCUT2D eigenvalue weighted by molar-refractivity contribution is 5.94. The summed E-state index contributed by atoms with van der Waals surface area (Å²) in [5.74, 6) is 2.37. The number of aliphatic hydroxyl groups excluding tert-OH is 1. The summed E-state index contributed by atoms with van der Waals surface area (Å²) >= 11 is 0. The Morgan fingerprint density at radius 2 is 1.77 bits per heavy atom. The van der Waals surface area contributed by atoms with Crippen molar-refractivity contribution in [2.75, 3.05) is 0 Å². The lowest BCUT2D eigenvalue weighted by Crippen LogP contribution is -2.51. The monoisotopic (exact) mass is 304 g/mol. The van der Waals surface area contributed by atoms with E-state index in [-0.39, 0.29) is 17.0 Å². The summed E-state index contributed by atoms with van der Waals surface area (Å²) in [6.07, 6.45) is 7.72. The lowest BCUT2D eigenvalue weighted by atomic mass is 9.50. The Morgan fingerprint density at radius 3 is 2.55 bits per heavy atom. The molecule has 3 heteroatoms. The van der Waals surface area contributed by atoms with Gasteiger partial charge in [0.15, 0.2) is 11.5 Å². The molecule has 0 aliphatic heterocycles. The van der Waals surface area contributed by atoms with Crippen LogP contribution in [-0.2, 0) is 4.79 Å². The fourth-order valence-corrected chi connectivity index (χ4v) is 6.51. The number of hydrogen-bond acceptors (Lipinski definition) is 3. The summed E-state index contributed by atoms with van der Waals surface area (Å²) in [7, 11) is 0. The van der Waals surface area contributed by atoms with Crippen LogP contribution in [0.5, 0.6) is 0 Å². The third kappa shape index (κ3) is 1.75. The van der Waals surface area contributed by atoms with Crippen molar-refractivity contribution in [1.82, 2.24) is 0 Å². The molecule has 0 radical (unpaired) electrons. The molecule has 0 aromatic carbocycles. The first-order valence-corrected chi connectivity index (χ1v) is 9.03. The molecule has 0 spiro atoms. The second kappa shape index (κ2) is 4.59. The maximum absolute atomic E-state index is 11.8. The van der Waals surface area contributed by atoms with E-state index in [0.29, 0.717) is 30.1 Å². The first-order chi connectivity index (χ1) is 10.3. The van der Waals surface area contributed by atoms with E-state index in [1.807, 2.05) is 6.92 Å². The molecule has 0 bridgehead atoms. The molecule has 0 heterocycles. The van der Waals surface area contributed by atoms with Crippen molar-refractivity contribution in [2.45, 2.75) is 70.8 Å². The topological polar surface area (TPSA) is 57.5 Å². The summed E-state index contributed by atoms with van der Waals surface area (Å²) in [5.41, 5.74) is 0.594. The van der Waals surface area contributed by atoms with Crippen LogP contribution in [0.4, 0.5) is 0 Å². The minimum absolute atomic E-state index is 0.0471. The zero-order chi connectivity index (χ0) is 15.7. The van der Waals surface area contributed by atoms with Crippen molar-refractivity contribution in [1.29, 1.82) is 0 Å². The quantitative estimate of drug-likeness (QED) is 0.716. The van der Waals surface area contributed by atoms with E-state index in [1.165, 1.54) is 0 Å². The third-order valence-electron chi connectivity index (χ3n) is 8.02. The SMILES string of the molecule is C[C@]12CC[C@H]3[C@@H](CCC4=C(O)C(=O)CC[C@@H]43)[C@@H]1CC[C@@]2(C)O. The molecule has 3 fully saturated rings. The highest BCUT2D eigenvalue weighted by Gasteiger charge is 2.60. The molecule has 0 amide bonds. The minimum Gasteiger partial charge on any atom is -0.504 e. The van der Waals surface area contributed by atoms with E-state index in [2.05, 4.69) is 6.92 Å². The van der Waals surface area contributed by atoms with Crippen LogP contribution in [0, 0.1) is 29.1 Å². The molecule has 0 unspecified atom stereocenters. The number of ketones is 1. The number of fused-ring (bicyclic) bond motifs is 5. The summed E-state index contributed by atoms with van der Waals surface area (Å²) in [6, 6.07) is 0. The minimum atomic E-state index is -0.524. The van der Waals surface area contributed by atoms with Gasteiger partial charge in [-0.1, -0.05) is 6.92 Å². The van der Waals surface area contributed by atoms with Gasteiger partial charge in [-0.15, -0.1) is 0 Å². The summed E-state index contributed by atoms with van der Waals surface area (Å²) in [6.45, 7) is 4.33. The largest absolute Gasteiger partial charge is 0.504 e. The fraction of sp³-hybridized carbons (Fsp3) is 0.842. The van der Waals surface area contributed by atoms with Gasteiger partial charge in [0.1, 0.15) is 0 Å². The van der Waals surface area contributed by atoms with Gasteiger partial charge in [0, 0.05) is 6.42 Å². The molecule has 0 aromatic heterocycles. The molecule has 4 aliphatic rings. The van der Waals surface area contributed by atoms with Crippen LogP contribution in [-0.4, -0.2) is 21.6 Å². The number of carbonyl (C=O) groups excluding carboxylic acids is 1. The van der Waals surface area contributed by atoms with E-state index in [9.17, 15) is 15.0 Å². The Balaban J connectivity index is 1.67. The first kappa shape index (κ1) is 14.7. The molecule has 22 heavy (non-hydrogen) atoms. The van der Waals surface area contributed by atoms with Gasteiger partial charge in [-0.3, -0.25) is 4.79 Å². The lowest BCUT2D eigenvalue weighted by Gasteiger charge is -2.55. The predicted octanol–water partition coefficient (Wildman–Crippen LogP) is 3.76. The second-order valence-electron chi connectivity index (χ2n) is 8.68. The number of carbonyl (C=O) groups is 1. The van der Waals surface area contributed by atoms with Gasteiger partial charge in [0.2, 0.25) is 0 Å². The van der Waals surface area contributed by atoms with Crippen molar-refractivity contribution >= 4 is 5.78 Å². The molecule has 4 rings (SSSR count). The van der Waals surface area contributed by atoms with Crippen LogP contribution in [0.25, 0.3) is 0 Å². The van der Waals surface area contributed by atoms with Crippen LogP contribution < -0.4 is 0 Å². The van der Waals surface area contributed by atoms with Crippen LogP contribution in [0.15, 0.2) is 11.3 Å². The number of aliphatic hydroxyl groups is 2. The normalized spacial score (nSPS) is 51.3. The van der Waals surface area contributed by atoms with Crippen LogP contribution in [0.1, 0.15) is 65.2 Å². The van der Waals surface area contributed by atoms with Crippen molar-refractivity contribution < 1.29 is 15.0 Å². The highest BCUT2D eigenvalue weighted by atomic mass is 16.3. The van der Waals surface area contributed by atoms with Gasteiger partial charge in [-0.05, 0) is 86.5 Å². The summed E-state index contributed by atoms with van der Waals surface area (Å²) < 4.78 is 0. The smallest absolute Gasteiger partial charge is 0.197 e. The van der Waals surface area contributed by atoms with Gasteiger partial charge in [-0.25, -0.2) is 0 Å².